The summed E-state index contributed by atoms with van der Waals surface area (Å²) < 4.78 is 24.8. The second-order valence-corrected chi connectivity index (χ2v) is 5.95. The molecule has 0 aliphatic rings. The van der Waals surface area contributed by atoms with E-state index < -0.39 is 21.3 Å². The summed E-state index contributed by atoms with van der Waals surface area (Å²) in [5, 5.41) is 0. The fourth-order valence-electron chi connectivity index (χ4n) is 1.60. The van der Waals surface area contributed by atoms with Crippen molar-refractivity contribution in [3.63, 3.8) is 0 Å². The number of hydrogen-bond donors (Lipinski definition) is 1. The summed E-state index contributed by atoms with van der Waals surface area (Å²) in [5.41, 5.74) is -0.808. The van der Waals surface area contributed by atoms with Crippen LogP contribution in [0, 0.1) is 6.92 Å². The molecular formula is C12H12N2O4S. The van der Waals surface area contributed by atoms with Gasteiger partial charge in [0.1, 0.15) is 0 Å². The Morgan fingerprint density at radius 3 is 2.42 bits per heavy atom. The van der Waals surface area contributed by atoms with Crippen molar-refractivity contribution in [2.75, 3.05) is 0 Å². The topological polar surface area (TPSA) is 89.0 Å². The van der Waals surface area contributed by atoms with Crippen molar-refractivity contribution >= 4 is 10.0 Å². The highest BCUT2D eigenvalue weighted by Crippen LogP contribution is 2.06. The quantitative estimate of drug-likeness (QED) is 0.871. The van der Waals surface area contributed by atoms with E-state index in [0.29, 0.717) is 9.54 Å². The molecule has 7 heteroatoms. The first-order valence-electron chi connectivity index (χ1n) is 5.50. The predicted octanol–water partition coefficient (Wildman–Crippen LogP) is 0.223. The van der Waals surface area contributed by atoms with E-state index in [0.717, 1.165) is 6.20 Å². The molecule has 0 spiro atoms. The molecule has 0 saturated carbocycles. The van der Waals surface area contributed by atoms with Crippen LogP contribution >= 0.6 is 0 Å². The largest absolute Gasteiger partial charge is 0.342 e. The molecule has 100 valence electrons. The van der Waals surface area contributed by atoms with Crippen LogP contribution in [-0.2, 0) is 15.8 Å². The van der Waals surface area contributed by atoms with E-state index >= 15 is 0 Å². The lowest BCUT2D eigenvalue weighted by Crippen LogP contribution is -2.35. The number of nitrogens with one attached hydrogen (secondary N) is 1. The van der Waals surface area contributed by atoms with Crippen LogP contribution in [0.2, 0.25) is 0 Å². The van der Waals surface area contributed by atoms with Crippen LogP contribution in [0.15, 0.2) is 46.1 Å². The molecule has 0 amide bonds. The maximum atomic E-state index is 12.1. The SMILES string of the molecule is Cc1cn(S(=O)(=O)Cc2ccccc2)c(=O)[nH]c1=O. The van der Waals surface area contributed by atoms with E-state index in [1.807, 2.05) is 4.98 Å². The minimum atomic E-state index is -3.85. The lowest BCUT2D eigenvalue weighted by Gasteiger charge is -2.07. The summed E-state index contributed by atoms with van der Waals surface area (Å²) in [5.74, 6) is -0.306. The van der Waals surface area contributed by atoms with Gasteiger partial charge in [-0.3, -0.25) is 9.78 Å². The van der Waals surface area contributed by atoms with Crippen molar-refractivity contribution in [1.29, 1.82) is 0 Å². The van der Waals surface area contributed by atoms with Crippen molar-refractivity contribution in [2.24, 2.45) is 0 Å². The first-order valence-corrected chi connectivity index (χ1v) is 7.11. The van der Waals surface area contributed by atoms with Crippen LogP contribution in [0.25, 0.3) is 0 Å². The Kier molecular flexibility index (Phi) is 3.39. The third-order valence-electron chi connectivity index (χ3n) is 2.58. The normalized spacial score (nSPS) is 11.4. The Labute approximate surface area is 109 Å². The Morgan fingerprint density at radius 1 is 1.16 bits per heavy atom. The van der Waals surface area contributed by atoms with Gasteiger partial charge >= 0.3 is 5.69 Å². The van der Waals surface area contributed by atoms with Crippen LogP contribution < -0.4 is 11.2 Å². The van der Waals surface area contributed by atoms with Gasteiger partial charge < -0.3 is 0 Å². The Hall–Kier alpha value is -2.15. The number of aromatic nitrogens is 2. The highest BCUT2D eigenvalue weighted by Gasteiger charge is 2.17. The van der Waals surface area contributed by atoms with Crippen LogP contribution in [0.3, 0.4) is 0 Å². The zero-order chi connectivity index (χ0) is 14.0. The van der Waals surface area contributed by atoms with Crippen LogP contribution in [0.4, 0.5) is 0 Å². The van der Waals surface area contributed by atoms with Gasteiger partial charge in [0.2, 0.25) is 10.0 Å². The average Bonchev–Trinajstić information content (AvgIpc) is 2.34. The van der Waals surface area contributed by atoms with Gasteiger partial charge in [0.15, 0.2) is 0 Å². The molecule has 0 aliphatic heterocycles. The molecule has 0 atom stereocenters. The van der Waals surface area contributed by atoms with Crippen LogP contribution in [0.5, 0.6) is 0 Å². The Morgan fingerprint density at radius 2 is 1.79 bits per heavy atom. The number of aromatic amines is 1. The first-order chi connectivity index (χ1) is 8.90. The van der Waals surface area contributed by atoms with E-state index in [1.54, 1.807) is 30.3 Å². The fraction of sp³-hybridized carbons (Fsp3) is 0.167. The number of hydrogen-bond acceptors (Lipinski definition) is 4. The summed E-state index contributed by atoms with van der Waals surface area (Å²) in [6.07, 6.45) is 1.04. The summed E-state index contributed by atoms with van der Waals surface area (Å²) in [6, 6.07) is 8.51. The molecule has 0 saturated heterocycles. The molecule has 1 heterocycles. The summed E-state index contributed by atoms with van der Waals surface area (Å²) in [4.78, 5) is 24.7. The minimum absolute atomic E-state index is 0.163. The van der Waals surface area contributed by atoms with E-state index in [-0.39, 0.29) is 11.3 Å². The number of nitrogens with zero attached hydrogens (tertiary/aromatic N) is 1. The van der Waals surface area contributed by atoms with Crippen molar-refractivity contribution in [3.8, 4) is 0 Å². The van der Waals surface area contributed by atoms with E-state index in [9.17, 15) is 18.0 Å². The molecule has 0 unspecified atom stereocenters. The van der Waals surface area contributed by atoms with E-state index in [4.69, 9.17) is 0 Å². The molecule has 19 heavy (non-hydrogen) atoms. The number of rotatable bonds is 3. The molecule has 0 aliphatic carbocycles. The average molecular weight is 280 g/mol. The first kappa shape index (κ1) is 13.3. The van der Waals surface area contributed by atoms with Crippen molar-refractivity contribution in [3.05, 3.63) is 68.5 Å². The van der Waals surface area contributed by atoms with Crippen molar-refractivity contribution in [1.82, 2.24) is 8.96 Å². The second-order valence-electron chi connectivity index (χ2n) is 4.11. The van der Waals surface area contributed by atoms with Gasteiger partial charge in [-0.25, -0.2) is 13.2 Å². The van der Waals surface area contributed by atoms with Gasteiger partial charge in [0.25, 0.3) is 5.56 Å². The summed E-state index contributed by atoms with van der Waals surface area (Å²) in [7, 11) is -3.85. The monoisotopic (exact) mass is 280 g/mol. The van der Waals surface area contributed by atoms with Gasteiger partial charge in [0, 0.05) is 11.8 Å². The highest BCUT2D eigenvalue weighted by molar-refractivity contribution is 7.89. The Balaban J connectivity index is 2.49. The Bertz CT molecular complexity index is 804. The van der Waals surface area contributed by atoms with E-state index in [1.165, 1.54) is 6.92 Å². The van der Waals surface area contributed by atoms with Crippen molar-refractivity contribution in [2.45, 2.75) is 12.7 Å². The molecule has 1 aromatic heterocycles. The number of H-pyrrole nitrogens is 1. The van der Waals surface area contributed by atoms with Crippen LogP contribution in [-0.4, -0.2) is 17.4 Å². The maximum absolute atomic E-state index is 12.1. The second kappa shape index (κ2) is 4.85. The van der Waals surface area contributed by atoms with Gasteiger partial charge in [-0.05, 0) is 12.5 Å². The molecule has 2 aromatic rings. The lowest BCUT2D eigenvalue weighted by molar-refractivity contribution is 0.582. The standard InChI is InChI=1S/C12H12N2O4S/c1-9-7-14(12(16)13-11(9)15)19(17,18)8-10-5-3-2-4-6-10/h2-7H,8H2,1H3,(H,13,15,16). The zero-order valence-corrected chi connectivity index (χ0v) is 11.0. The van der Waals surface area contributed by atoms with Crippen molar-refractivity contribution < 1.29 is 8.42 Å². The summed E-state index contributed by atoms with van der Waals surface area (Å²) >= 11 is 0. The predicted molar refractivity (Wildman–Crippen MR) is 70.5 cm³/mol. The lowest BCUT2D eigenvalue weighted by atomic mass is 10.2. The fourth-order valence-corrected chi connectivity index (χ4v) is 2.97. The molecule has 6 nitrogen and oxygen atoms in total. The number of benzene rings is 1. The third-order valence-corrected chi connectivity index (χ3v) is 4.15. The molecule has 1 N–H and O–H groups in total. The number of aryl methyl sites for hydroxylation is 1. The molecule has 0 fully saturated rings. The van der Waals surface area contributed by atoms with Gasteiger partial charge in [-0.1, -0.05) is 30.3 Å². The van der Waals surface area contributed by atoms with Gasteiger partial charge in [-0.2, -0.15) is 3.97 Å². The van der Waals surface area contributed by atoms with Gasteiger partial charge in [0.05, 0.1) is 5.75 Å². The molecule has 0 bridgehead atoms. The highest BCUT2D eigenvalue weighted by atomic mass is 32.2. The third kappa shape index (κ3) is 2.82. The molecule has 1 aromatic carbocycles. The molecule has 2 rings (SSSR count). The van der Waals surface area contributed by atoms with Gasteiger partial charge in [-0.15, -0.1) is 0 Å². The summed E-state index contributed by atoms with van der Waals surface area (Å²) in [6.45, 7) is 1.44. The minimum Gasteiger partial charge on any atom is -0.273 e. The maximum Gasteiger partial charge on any atom is 0.342 e. The zero-order valence-electron chi connectivity index (χ0n) is 10.2. The molecule has 0 radical (unpaired) electrons. The van der Waals surface area contributed by atoms with Crippen LogP contribution in [0.1, 0.15) is 11.1 Å². The smallest absolute Gasteiger partial charge is 0.273 e. The molecular weight excluding hydrogens is 268 g/mol. The van der Waals surface area contributed by atoms with E-state index in [2.05, 4.69) is 0 Å².